The SMILES string of the molecule is C[C@H](Nc1cc2nc[nH]c(=O)c2cc1[N+](=O)[O-])c1ccco1. The van der Waals surface area contributed by atoms with Crippen molar-refractivity contribution in [3.05, 3.63) is 63.1 Å². The molecule has 112 valence electrons. The molecular formula is C14H12N4O4. The molecule has 2 heterocycles. The molecule has 0 spiro atoms. The van der Waals surface area contributed by atoms with Crippen LogP contribution in [0, 0.1) is 10.1 Å². The third kappa shape index (κ3) is 2.41. The van der Waals surface area contributed by atoms with Gasteiger partial charge in [-0.2, -0.15) is 0 Å². The topological polar surface area (TPSA) is 114 Å². The van der Waals surface area contributed by atoms with E-state index in [4.69, 9.17) is 4.42 Å². The van der Waals surface area contributed by atoms with Gasteiger partial charge in [0.2, 0.25) is 0 Å². The summed E-state index contributed by atoms with van der Waals surface area (Å²) in [5, 5.41) is 14.4. The van der Waals surface area contributed by atoms with Crippen LogP contribution in [-0.4, -0.2) is 14.9 Å². The maximum Gasteiger partial charge on any atom is 0.293 e. The van der Waals surface area contributed by atoms with Crippen molar-refractivity contribution < 1.29 is 9.34 Å². The number of nitrogens with zero attached hydrogens (tertiary/aromatic N) is 2. The number of benzene rings is 1. The van der Waals surface area contributed by atoms with Gasteiger partial charge in [0.15, 0.2) is 0 Å². The fourth-order valence-corrected chi connectivity index (χ4v) is 2.21. The summed E-state index contributed by atoms with van der Waals surface area (Å²) in [5.74, 6) is 0.647. The van der Waals surface area contributed by atoms with Gasteiger partial charge in [-0.25, -0.2) is 4.98 Å². The van der Waals surface area contributed by atoms with Crippen molar-refractivity contribution in [2.24, 2.45) is 0 Å². The fourth-order valence-electron chi connectivity index (χ4n) is 2.21. The number of fused-ring (bicyclic) bond motifs is 1. The number of H-pyrrole nitrogens is 1. The van der Waals surface area contributed by atoms with Gasteiger partial charge in [-0.1, -0.05) is 0 Å². The van der Waals surface area contributed by atoms with E-state index in [2.05, 4.69) is 15.3 Å². The van der Waals surface area contributed by atoms with Gasteiger partial charge in [0, 0.05) is 6.07 Å². The van der Waals surface area contributed by atoms with Crippen LogP contribution in [0.4, 0.5) is 11.4 Å². The van der Waals surface area contributed by atoms with Crippen LogP contribution in [-0.2, 0) is 0 Å². The van der Waals surface area contributed by atoms with Crippen molar-refractivity contribution in [3.63, 3.8) is 0 Å². The number of rotatable bonds is 4. The smallest absolute Gasteiger partial charge is 0.293 e. The molecule has 8 nitrogen and oxygen atoms in total. The first-order chi connectivity index (χ1) is 10.6. The lowest BCUT2D eigenvalue weighted by atomic mass is 10.1. The van der Waals surface area contributed by atoms with Crippen LogP contribution in [0.15, 0.2) is 46.1 Å². The van der Waals surface area contributed by atoms with Crippen LogP contribution in [0.2, 0.25) is 0 Å². The molecule has 0 bridgehead atoms. The summed E-state index contributed by atoms with van der Waals surface area (Å²) >= 11 is 0. The first-order valence-corrected chi connectivity index (χ1v) is 6.52. The highest BCUT2D eigenvalue weighted by Gasteiger charge is 2.19. The van der Waals surface area contributed by atoms with Crippen LogP contribution in [0.3, 0.4) is 0 Å². The molecule has 0 fully saturated rings. The third-order valence-electron chi connectivity index (χ3n) is 3.30. The molecule has 3 rings (SSSR count). The van der Waals surface area contributed by atoms with E-state index in [-0.39, 0.29) is 22.8 Å². The maximum absolute atomic E-state index is 11.7. The number of hydrogen-bond donors (Lipinski definition) is 2. The maximum atomic E-state index is 11.7. The van der Waals surface area contributed by atoms with Crippen LogP contribution < -0.4 is 10.9 Å². The van der Waals surface area contributed by atoms with E-state index < -0.39 is 10.5 Å². The summed E-state index contributed by atoms with van der Waals surface area (Å²) in [5.41, 5.74) is 0.0473. The number of aromatic nitrogens is 2. The molecule has 0 amide bonds. The number of nitro benzene ring substituents is 1. The van der Waals surface area contributed by atoms with Crippen molar-refractivity contribution in [2.45, 2.75) is 13.0 Å². The van der Waals surface area contributed by atoms with Crippen molar-refractivity contribution in [1.29, 1.82) is 0 Å². The van der Waals surface area contributed by atoms with Gasteiger partial charge in [-0.05, 0) is 25.1 Å². The molecule has 0 radical (unpaired) electrons. The molecule has 0 unspecified atom stereocenters. The number of anilines is 1. The highest BCUT2D eigenvalue weighted by atomic mass is 16.6. The van der Waals surface area contributed by atoms with E-state index in [0.29, 0.717) is 11.3 Å². The Morgan fingerprint density at radius 3 is 2.95 bits per heavy atom. The number of nitrogens with one attached hydrogen (secondary N) is 2. The first kappa shape index (κ1) is 13.8. The predicted octanol–water partition coefficient (Wildman–Crippen LogP) is 2.60. The van der Waals surface area contributed by atoms with E-state index in [1.165, 1.54) is 24.7 Å². The van der Waals surface area contributed by atoms with E-state index in [9.17, 15) is 14.9 Å². The molecule has 0 aliphatic rings. The lowest BCUT2D eigenvalue weighted by Crippen LogP contribution is -2.10. The molecular weight excluding hydrogens is 288 g/mol. The molecule has 2 aromatic heterocycles. The second kappa shape index (κ2) is 5.32. The van der Waals surface area contributed by atoms with E-state index in [0.717, 1.165) is 0 Å². The third-order valence-corrected chi connectivity index (χ3v) is 3.30. The highest BCUT2D eigenvalue weighted by Crippen LogP contribution is 2.31. The second-order valence-corrected chi connectivity index (χ2v) is 4.76. The van der Waals surface area contributed by atoms with Crippen LogP contribution in [0.25, 0.3) is 10.9 Å². The molecule has 1 aromatic carbocycles. The van der Waals surface area contributed by atoms with E-state index >= 15 is 0 Å². The summed E-state index contributed by atoms with van der Waals surface area (Å²) in [7, 11) is 0. The summed E-state index contributed by atoms with van der Waals surface area (Å²) in [6.45, 7) is 1.82. The van der Waals surface area contributed by atoms with E-state index in [1.807, 2.05) is 6.92 Å². The molecule has 8 heteroatoms. The van der Waals surface area contributed by atoms with Gasteiger partial charge in [-0.15, -0.1) is 0 Å². The van der Waals surface area contributed by atoms with Gasteiger partial charge >= 0.3 is 0 Å². The summed E-state index contributed by atoms with van der Waals surface area (Å²) in [4.78, 5) is 28.9. The lowest BCUT2D eigenvalue weighted by molar-refractivity contribution is -0.383. The highest BCUT2D eigenvalue weighted by molar-refractivity contribution is 5.86. The average Bonchev–Trinajstić information content (AvgIpc) is 3.01. The minimum absolute atomic E-state index is 0.172. The molecule has 0 saturated heterocycles. The zero-order chi connectivity index (χ0) is 15.7. The Morgan fingerprint density at radius 2 is 2.27 bits per heavy atom. The van der Waals surface area contributed by atoms with Gasteiger partial charge in [0.05, 0.1) is 34.5 Å². The predicted molar refractivity (Wildman–Crippen MR) is 79.8 cm³/mol. The molecule has 0 saturated carbocycles. The van der Waals surface area contributed by atoms with Gasteiger partial charge < -0.3 is 14.7 Å². The van der Waals surface area contributed by atoms with Crippen LogP contribution in [0.5, 0.6) is 0 Å². The summed E-state index contributed by atoms with van der Waals surface area (Å²) in [6.07, 6.45) is 2.79. The number of hydrogen-bond acceptors (Lipinski definition) is 6. The summed E-state index contributed by atoms with van der Waals surface area (Å²) in [6, 6.07) is 5.95. The first-order valence-electron chi connectivity index (χ1n) is 6.52. The Morgan fingerprint density at radius 1 is 1.45 bits per heavy atom. The summed E-state index contributed by atoms with van der Waals surface area (Å²) < 4.78 is 5.27. The number of furan rings is 1. The van der Waals surface area contributed by atoms with Crippen LogP contribution >= 0.6 is 0 Å². The Bertz CT molecular complexity index is 885. The fraction of sp³-hybridized carbons (Fsp3) is 0.143. The van der Waals surface area contributed by atoms with Gasteiger partial charge in [0.1, 0.15) is 11.4 Å². The zero-order valence-corrected chi connectivity index (χ0v) is 11.6. The average molecular weight is 300 g/mol. The molecule has 22 heavy (non-hydrogen) atoms. The molecule has 0 aliphatic heterocycles. The minimum atomic E-state index is -0.539. The molecule has 1 atom stereocenters. The Kier molecular flexibility index (Phi) is 3.34. The second-order valence-electron chi connectivity index (χ2n) is 4.76. The van der Waals surface area contributed by atoms with Crippen LogP contribution in [0.1, 0.15) is 18.7 Å². The monoisotopic (exact) mass is 300 g/mol. The Balaban J connectivity index is 2.09. The number of nitro groups is 1. The Labute approximate surface area is 123 Å². The zero-order valence-electron chi connectivity index (χ0n) is 11.6. The lowest BCUT2D eigenvalue weighted by Gasteiger charge is -2.13. The van der Waals surface area contributed by atoms with Gasteiger partial charge in [0.25, 0.3) is 11.2 Å². The molecule has 3 aromatic rings. The van der Waals surface area contributed by atoms with Crippen molar-refractivity contribution in [1.82, 2.24) is 9.97 Å². The quantitative estimate of drug-likeness (QED) is 0.565. The standard InChI is InChI=1S/C14H12N4O4/c1-8(13-3-2-4-22-13)17-11-6-10-9(5-12(11)18(20)21)14(19)16-7-15-10/h2-8,17H,1H3,(H,15,16,19)/t8-/m0/s1. The molecule has 2 N–H and O–H groups in total. The van der Waals surface area contributed by atoms with Crippen molar-refractivity contribution in [2.75, 3.05) is 5.32 Å². The largest absolute Gasteiger partial charge is 0.467 e. The number of aromatic amines is 1. The Hall–Kier alpha value is -3.16. The van der Waals surface area contributed by atoms with Gasteiger partial charge in [-0.3, -0.25) is 14.9 Å². The minimum Gasteiger partial charge on any atom is -0.467 e. The van der Waals surface area contributed by atoms with E-state index in [1.54, 1.807) is 12.1 Å². The molecule has 0 aliphatic carbocycles. The normalized spacial score (nSPS) is 12.2. The van der Waals surface area contributed by atoms with Crippen molar-refractivity contribution >= 4 is 22.3 Å². The van der Waals surface area contributed by atoms with Crippen molar-refractivity contribution in [3.8, 4) is 0 Å².